The van der Waals surface area contributed by atoms with Gasteiger partial charge in [0.2, 0.25) is 0 Å². The second-order valence-corrected chi connectivity index (χ2v) is 2.88. The highest BCUT2D eigenvalue weighted by Crippen LogP contribution is 2.38. The van der Waals surface area contributed by atoms with Crippen LogP contribution in [0.4, 0.5) is 13.2 Å². The molecule has 0 fully saturated rings. The van der Waals surface area contributed by atoms with Gasteiger partial charge in [-0.2, -0.15) is 23.3 Å². The molecule has 0 spiro atoms. The smallest absolute Gasteiger partial charge is 0.375 e. The SMILES string of the molecule is NC(=S)N1N=CC[C@]1(O)C(F)(F)F. The number of hydrogen-bond donors (Lipinski definition) is 2. The van der Waals surface area contributed by atoms with Gasteiger partial charge < -0.3 is 10.8 Å². The minimum atomic E-state index is -4.84. The molecule has 1 aliphatic heterocycles. The molecule has 0 aliphatic carbocycles. The quantitative estimate of drug-likeness (QED) is 0.563. The fraction of sp³-hybridized carbons (Fsp3) is 0.600. The lowest BCUT2D eigenvalue weighted by Crippen LogP contribution is -2.57. The number of halogens is 3. The van der Waals surface area contributed by atoms with Crippen LogP contribution >= 0.6 is 12.2 Å². The van der Waals surface area contributed by atoms with Crippen LogP contribution in [0.15, 0.2) is 5.10 Å². The highest BCUT2D eigenvalue weighted by Gasteiger charge is 2.60. The molecular formula is C5H6F3N3OS. The van der Waals surface area contributed by atoms with E-state index in [1.54, 1.807) is 0 Å². The number of alkyl halides is 3. The minimum Gasteiger partial charge on any atom is -0.375 e. The molecule has 74 valence electrons. The van der Waals surface area contributed by atoms with Crippen LogP contribution in [0.5, 0.6) is 0 Å². The molecule has 0 saturated carbocycles. The summed E-state index contributed by atoms with van der Waals surface area (Å²) in [6.07, 6.45) is -4.60. The third-order valence-corrected chi connectivity index (χ3v) is 1.76. The van der Waals surface area contributed by atoms with Gasteiger partial charge in [0, 0.05) is 12.6 Å². The van der Waals surface area contributed by atoms with Gasteiger partial charge in [-0.15, -0.1) is 0 Å². The first kappa shape index (κ1) is 10.2. The van der Waals surface area contributed by atoms with Gasteiger partial charge in [-0.3, -0.25) is 0 Å². The number of nitrogens with two attached hydrogens (primary N) is 1. The standard InChI is InChI=1S/C5H6F3N3OS/c6-5(7,8)4(12)1-2-10-11(4)3(9)13/h2,12H,1H2,(H2,9,13)/t4-/m0/s1. The fourth-order valence-electron chi connectivity index (χ4n) is 0.907. The first-order valence-corrected chi connectivity index (χ1v) is 3.61. The van der Waals surface area contributed by atoms with Gasteiger partial charge in [-0.05, 0) is 12.2 Å². The molecule has 4 nitrogen and oxygen atoms in total. The van der Waals surface area contributed by atoms with Crippen molar-refractivity contribution >= 4 is 23.5 Å². The zero-order valence-corrected chi connectivity index (χ0v) is 7.06. The van der Waals surface area contributed by atoms with E-state index in [1.807, 2.05) is 0 Å². The zero-order chi connectivity index (χ0) is 10.3. The van der Waals surface area contributed by atoms with Crippen molar-refractivity contribution in [3.63, 3.8) is 0 Å². The van der Waals surface area contributed by atoms with Crippen molar-refractivity contribution in [1.82, 2.24) is 5.01 Å². The summed E-state index contributed by atoms with van der Waals surface area (Å²) >= 11 is 4.30. The second-order valence-electron chi connectivity index (χ2n) is 2.47. The number of rotatable bonds is 0. The predicted molar refractivity (Wildman–Crippen MR) is 42.7 cm³/mol. The van der Waals surface area contributed by atoms with Gasteiger partial charge in [0.05, 0.1) is 0 Å². The summed E-state index contributed by atoms with van der Waals surface area (Å²) in [5, 5.41) is 12.0. The van der Waals surface area contributed by atoms with Crippen molar-refractivity contribution in [3.05, 3.63) is 0 Å². The topological polar surface area (TPSA) is 61.8 Å². The van der Waals surface area contributed by atoms with Crippen molar-refractivity contribution < 1.29 is 18.3 Å². The Bertz CT molecular complexity index is 266. The molecule has 1 atom stereocenters. The van der Waals surface area contributed by atoms with Crippen LogP contribution in [0, 0.1) is 0 Å². The Morgan fingerprint density at radius 1 is 1.69 bits per heavy atom. The fourth-order valence-corrected chi connectivity index (χ4v) is 1.10. The van der Waals surface area contributed by atoms with E-state index < -0.39 is 23.4 Å². The maximum atomic E-state index is 12.3. The Morgan fingerprint density at radius 3 is 2.54 bits per heavy atom. The third kappa shape index (κ3) is 1.46. The summed E-state index contributed by atoms with van der Waals surface area (Å²) < 4.78 is 36.8. The number of nitrogens with zero attached hydrogens (tertiary/aromatic N) is 2. The van der Waals surface area contributed by atoms with Gasteiger partial charge in [-0.1, -0.05) is 0 Å². The van der Waals surface area contributed by atoms with E-state index in [9.17, 15) is 13.2 Å². The summed E-state index contributed by atoms with van der Waals surface area (Å²) in [5.74, 6) is 0. The largest absolute Gasteiger partial charge is 0.438 e. The highest BCUT2D eigenvalue weighted by atomic mass is 32.1. The second kappa shape index (κ2) is 2.81. The van der Waals surface area contributed by atoms with E-state index in [0.29, 0.717) is 0 Å². The maximum absolute atomic E-state index is 12.3. The van der Waals surface area contributed by atoms with E-state index in [1.165, 1.54) is 0 Å². The minimum absolute atomic E-state index is 0.183. The molecule has 13 heavy (non-hydrogen) atoms. The van der Waals surface area contributed by atoms with E-state index >= 15 is 0 Å². The van der Waals surface area contributed by atoms with Gasteiger partial charge >= 0.3 is 6.18 Å². The molecule has 0 saturated heterocycles. The van der Waals surface area contributed by atoms with Crippen LogP contribution in [0.1, 0.15) is 6.42 Å². The maximum Gasteiger partial charge on any atom is 0.438 e. The van der Waals surface area contributed by atoms with Crippen molar-refractivity contribution in [2.24, 2.45) is 10.8 Å². The van der Waals surface area contributed by atoms with Crippen molar-refractivity contribution in [2.45, 2.75) is 18.3 Å². The third-order valence-electron chi connectivity index (χ3n) is 1.59. The molecule has 1 aliphatic rings. The number of hydrazone groups is 1. The molecule has 0 amide bonds. The van der Waals surface area contributed by atoms with Crippen LogP contribution in [0.3, 0.4) is 0 Å². The normalized spacial score (nSPS) is 28.2. The van der Waals surface area contributed by atoms with E-state index in [4.69, 9.17) is 10.8 Å². The lowest BCUT2D eigenvalue weighted by molar-refractivity contribution is -0.294. The molecule has 1 heterocycles. The van der Waals surface area contributed by atoms with Crippen molar-refractivity contribution in [3.8, 4) is 0 Å². The monoisotopic (exact) mass is 213 g/mol. The molecular weight excluding hydrogens is 207 g/mol. The molecule has 1 rings (SSSR count). The Kier molecular flexibility index (Phi) is 2.20. The summed E-state index contributed by atoms with van der Waals surface area (Å²) in [5.41, 5.74) is 1.87. The summed E-state index contributed by atoms with van der Waals surface area (Å²) in [7, 11) is 0. The first-order chi connectivity index (χ1) is 5.79. The molecule has 0 unspecified atom stereocenters. The number of aliphatic hydroxyl groups is 1. The molecule has 3 N–H and O–H groups in total. The van der Waals surface area contributed by atoms with Crippen molar-refractivity contribution in [2.75, 3.05) is 0 Å². The Labute approximate surface area is 76.8 Å². The van der Waals surface area contributed by atoms with E-state index in [0.717, 1.165) is 6.21 Å². The highest BCUT2D eigenvalue weighted by molar-refractivity contribution is 7.80. The molecule has 0 aromatic heterocycles. The Morgan fingerprint density at radius 2 is 2.23 bits per heavy atom. The van der Waals surface area contributed by atoms with E-state index in [2.05, 4.69) is 17.3 Å². The number of thiocarbonyl (C=S) groups is 1. The molecule has 0 bridgehead atoms. The van der Waals surface area contributed by atoms with Crippen LogP contribution < -0.4 is 5.73 Å². The van der Waals surface area contributed by atoms with Crippen LogP contribution in [-0.2, 0) is 0 Å². The average molecular weight is 213 g/mol. The van der Waals surface area contributed by atoms with Gasteiger partial charge in [0.15, 0.2) is 5.11 Å². The Hall–Kier alpha value is -0.890. The van der Waals surface area contributed by atoms with Gasteiger partial charge in [-0.25, -0.2) is 0 Å². The molecule has 8 heteroatoms. The number of hydrogen-bond acceptors (Lipinski definition) is 3. The van der Waals surface area contributed by atoms with Gasteiger partial charge in [0.25, 0.3) is 5.72 Å². The van der Waals surface area contributed by atoms with Crippen LogP contribution in [-0.4, -0.2) is 33.3 Å². The molecule has 0 aromatic rings. The van der Waals surface area contributed by atoms with Crippen molar-refractivity contribution in [1.29, 1.82) is 0 Å². The lowest BCUT2D eigenvalue weighted by Gasteiger charge is -2.32. The predicted octanol–water partition coefficient (Wildman–Crippen LogP) is 0.172. The van der Waals surface area contributed by atoms with Crippen LogP contribution in [0.25, 0.3) is 0 Å². The Balaban J connectivity index is 2.99. The molecule has 0 aromatic carbocycles. The average Bonchev–Trinajstić information content (AvgIpc) is 2.30. The first-order valence-electron chi connectivity index (χ1n) is 3.20. The van der Waals surface area contributed by atoms with Crippen LogP contribution in [0.2, 0.25) is 0 Å². The zero-order valence-electron chi connectivity index (χ0n) is 6.25. The summed E-state index contributed by atoms with van der Waals surface area (Å²) in [6.45, 7) is 0. The summed E-state index contributed by atoms with van der Waals surface area (Å²) in [6, 6.07) is 0. The summed E-state index contributed by atoms with van der Waals surface area (Å²) in [4.78, 5) is 0. The van der Waals surface area contributed by atoms with Gasteiger partial charge in [0.1, 0.15) is 0 Å². The lowest BCUT2D eigenvalue weighted by atomic mass is 10.1. The van der Waals surface area contributed by atoms with E-state index in [-0.39, 0.29) is 5.01 Å². The molecule has 0 radical (unpaired) electrons.